The second-order valence-electron chi connectivity index (χ2n) is 10.0. The predicted molar refractivity (Wildman–Crippen MR) is 139 cm³/mol. The van der Waals surface area contributed by atoms with Gasteiger partial charge in [-0.3, -0.25) is 14.5 Å². The number of rotatable bonds is 5. The van der Waals surface area contributed by atoms with Crippen molar-refractivity contribution >= 4 is 22.6 Å². The highest BCUT2D eigenvalue weighted by Gasteiger charge is 2.28. The molecule has 2 aliphatic rings. The number of piperidine rings is 1. The highest BCUT2D eigenvalue weighted by molar-refractivity contribution is 5.92. The zero-order valence-corrected chi connectivity index (χ0v) is 21.0. The first-order valence-electron chi connectivity index (χ1n) is 12.7. The van der Waals surface area contributed by atoms with Gasteiger partial charge in [-0.25, -0.2) is 4.39 Å². The van der Waals surface area contributed by atoms with Crippen LogP contribution in [0.2, 0.25) is 0 Å². The lowest BCUT2D eigenvalue weighted by Crippen LogP contribution is -2.44. The molecule has 0 aliphatic carbocycles. The first kappa shape index (κ1) is 24.9. The van der Waals surface area contributed by atoms with Crippen LogP contribution in [0.25, 0.3) is 10.8 Å². The van der Waals surface area contributed by atoms with Crippen LogP contribution >= 0.6 is 0 Å². The Morgan fingerprint density at radius 3 is 2.65 bits per heavy atom. The largest absolute Gasteiger partial charge is 0.618 e. The van der Waals surface area contributed by atoms with E-state index in [0.29, 0.717) is 36.2 Å². The third-order valence-corrected chi connectivity index (χ3v) is 7.28. The van der Waals surface area contributed by atoms with E-state index >= 15 is 0 Å². The minimum Gasteiger partial charge on any atom is -0.618 e. The van der Waals surface area contributed by atoms with Crippen LogP contribution in [-0.2, 0) is 11.3 Å². The summed E-state index contributed by atoms with van der Waals surface area (Å²) in [5, 5.41) is 17.1. The van der Waals surface area contributed by atoms with Crippen LogP contribution in [0.3, 0.4) is 0 Å². The van der Waals surface area contributed by atoms with Crippen LogP contribution in [0, 0.1) is 17.9 Å². The number of likely N-dealkylation sites (tertiary alicyclic amines) is 2. The van der Waals surface area contributed by atoms with E-state index in [1.165, 1.54) is 17.8 Å². The first-order chi connectivity index (χ1) is 17.9. The molecular weight excluding hydrogens is 471 g/mol. The van der Waals surface area contributed by atoms with Crippen LogP contribution in [0.4, 0.5) is 4.39 Å². The maximum atomic E-state index is 13.4. The van der Waals surface area contributed by atoms with Crippen LogP contribution < -0.4 is 10.0 Å². The van der Waals surface area contributed by atoms with Gasteiger partial charge in [0.1, 0.15) is 5.82 Å². The van der Waals surface area contributed by atoms with Crippen molar-refractivity contribution in [3.8, 4) is 0 Å². The number of pyridine rings is 1. The van der Waals surface area contributed by atoms with Crippen molar-refractivity contribution in [3.63, 3.8) is 0 Å². The van der Waals surface area contributed by atoms with Gasteiger partial charge in [-0.15, -0.1) is 0 Å². The fraction of sp³-hybridized carbons (Fsp3) is 0.345. The monoisotopic (exact) mass is 502 g/mol. The topological polar surface area (TPSA) is 79.6 Å². The Morgan fingerprint density at radius 2 is 1.86 bits per heavy atom. The van der Waals surface area contributed by atoms with Gasteiger partial charge in [-0.1, -0.05) is 23.8 Å². The number of carbonyl (C=O) groups is 2. The number of hydrogen-bond acceptors (Lipinski definition) is 4. The van der Waals surface area contributed by atoms with E-state index in [4.69, 9.17) is 0 Å². The molecule has 0 bridgehead atoms. The molecule has 0 radical (unpaired) electrons. The highest BCUT2D eigenvalue weighted by atomic mass is 19.1. The molecule has 1 atom stereocenters. The Hall–Kier alpha value is -3.78. The molecule has 37 heavy (non-hydrogen) atoms. The molecule has 2 saturated heterocycles. The lowest BCUT2D eigenvalue weighted by molar-refractivity contribution is -0.608. The second-order valence-corrected chi connectivity index (χ2v) is 10.0. The van der Waals surface area contributed by atoms with Gasteiger partial charge in [0.05, 0.1) is 0 Å². The Labute approximate surface area is 215 Å². The molecule has 192 valence electrons. The van der Waals surface area contributed by atoms with E-state index in [1.54, 1.807) is 42.2 Å². The molecule has 5 rings (SSSR count). The SMILES string of the molecule is Cc1ccc[n+]([O-])c1C(=O)N1CCC(=CC(=O)N[C@@H]2CCN(Cc3ccc4cc(F)ccc4c3)C2)CC1. The Kier molecular flexibility index (Phi) is 7.19. The Balaban J connectivity index is 1.10. The highest BCUT2D eigenvalue weighted by Crippen LogP contribution is 2.21. The predicted octanol–water partition coefficient (Wildman–Crippen LogP) is 3.47. The van der Waals surface area contributed by atoms with E-state index in [-0.39, 0.29) is 29.4 Å². The molecule has 1 N–H and O–H groups in total. The molecule has 3 aromatic rings. The third-order valence-electron chi connectivity index (χ3n) is 7.28. The number of benzene rings is 2. The molecule has 3 heterocycles. The standard InChI is InChI=1S/C29H31FN4O3/c1-20-3-2-11-34(37)28(20)29(36)33-13-8-21(9-14-33)16-27(35)31-26-10-12-32(19-26)18-22-4-5-24-17-25(30)7-6-23(24)15-22/h2-7,11,15-17,26H,8-10,12-14,18-19H2,1H3,(H,31,35)/t26-/m1/s1. The molecule has 2 fully saturated rings. The Bertz CT molecular complexity index is 1340. The number of fused-ring (bicyclic) bond motifs is 1. The summed E-state index contributed by atoms with van der Waals surface area (Å²) in [5.74, 6) is -0.585. The maximum Gasteiger partial charge on any atom is 0.320 e. The molecule has 0 unspecified atom stereocenters. The van der Waals surface area contributed by atoms with Crippen molar-refractivity contribution < 1.29 is 18.7 Å². The van der Waals surface area contributed by atoms with Gasteiger partial charge in [0, 0.05) is 56.5 Å². The zero-order chi connectivity index (χ0) is 25.9. The number of aryl methyl sites for hydroxylation is 1. The van der Waals surface area contributed by atoms with Crippen LogP contribution in [0.15, 0.2) is 66.4 Å². The second kappa shape index (κ2) is 10.7. The fourth-order valence-corrected chi connectivity index (χ4v) is 5.29. The molecule has 1 aromatic heterocycles. The van der Waals surface area contributed by atoms with Crippen molar-refractivity contribution in [1.29, 1.82) is 0 Å². The van der Waals surface area contributed by atoms with E-state index in [1.807, 2.05) is 12.1 Å². The summed E-state index contributed by atoms with van der Waals surface area (Å²) < 4.78 is 14.1. The van der Waals surface area contributed by atoms with Crippen molar-refractivity contribution in [2.45, 2.75) is 38.8 Å². The van der Waals surface area contributed by atoms with E-state index in [2.05, 4.69) is 16.3 Å². The molecule has 2 aliphatic heterocycles. The number of hydrogen-bond donors (Lipinski definition) is 1. The van der Waals surface area contributed by atoms with Crippen molar-refractivity contribution in [1.82, 2.24) is 15.1 Å². The van der Waals surface area contributed by atoms with Gasteiger partial charge in [-0.2, -0.15) is 4.73 Å². The average Bonchev–Trinajstić information content (AvgIpc) is 3.30. The lowest BCUT2D eigenvalue weighted by atomic mass is 10.0. The summed E-state index contributed by atoms with van der Waals surface area (Å²) in [6, 6.07) is 14.4. The van der Waals surface area contributed by atoms with Crippen LogP contribution in [0.1, 0.15) is 40.9 Å². The van der Waals surface area contributed by atoms with Gasteiger partial charge < -0.3 is 15.4 Å². The van der Waals surface area contributed by atoms with E-state index in [0.717, 1.165) is 42.4 Å². The zero-order valence-electron chi connectivity index (χ0n) is 21.0. The van der Waals surface area contributed by atoms with Gasteiger partial charge in [0.25, 0.3) is 5.69 Å². The molecule has 0 saturated carbocycles. The number of nitrogens with one attached hydrogen (secondary N) is 1. The molecule has 2 amide bonds. The number of halogens is 1. The third kappa shape index (κ3) is 5.80. The Morgan fingerprint density at radius 1 is 1.11 bits per heavy atom. The number of amides is 2. The normalized spacial score (nSPS) is 18.3. The average molecular weight is 503 g/mol. The van der Waals surface area contributed by atoms with Gasteiger partial charge in [-0.05, 0) is 66.8 Å². The van der Waals surface area contributed by atoms with Crippen LogP contribution in [0.5, 0.6) is 0 Å². The van der Waals surface area contributed by atoms with E-state index < -0.39 is 0 Å². The molecular formula is C29H31FN4O3. The first-order valence-corrected chi connectivity index (χ1v) is 12.7. The number of nitrogens with zero attached hydrogens (tertiary/aromatic N) is 3. The molecule has 7 nitrogen and oxygen atoms in total. The molecule has 0 spiro atoms. The van der Waals surface area contributed by atoms with Crippen molar-refractivity contribution in [2.75, 3.05) is 26.2 Å². The van der Waals surface area contributed by atoms with E-state index in [9.17, 15) is 19.2 Å². The number of carbonyl (C=O) groups excluding carboxylic acids is 2. The molecule has 2 aromatic carbocycles. The smallest absolute Gasteiger partial charge is 0.320 e. The van der Waals surface area contributed by atoms with Gasteiger partial charge >= 0.3 is 5.91 Å². The summed E-state index contributed by atoms with van der Waals surface area (Å²) >= 11 is 0. The maximum absolute atomic E-state index is 13.4. The van der Waals surface area contributed by atoms with Gasteiger partial charge in [0.15, 0.2) is 6.20 Å². The van der Waals surface area contributed by atoms with Gasteiger partial charge in [0.2, 0.25) is 5.91 Å². The minimum atomic E-state index is -0.263. The summed E-state index contributed by atoms with van der Waals surface area (Å²) in [6.07, 6.45) is 5.14. The van der Waals surface area contributed by atoms with Crippen LogP contribution in [-0.4, -0.2) is 53.8 Å². The summed E-state index contributed by atoms with van der Waals surface area (Å²) in [7, 11) is 0. The lowest BCUT2D eigenvalue weighted by Gasteiger charge is -2.28. The minimum absolute atomic E-state index is 0.0918. The fourth-order valence-electron chi connectivity index (χ4n) is 5.29. The molecule has 8 heteroatoms. The number of aromatic nitrogens is 1. The quantitative estimate of drug-likeness (QED) is 0.329. The summed E-state index contributed by atoms with van der Waals surface area (Å²) in [5.41, 5.74) is 3.01. The summed E-state index contributed by atoms with van der Waals surface area (Å²) in [6.45, 7) is 5.21. The van der Waals surface area contributed by atoms with Crippen molar-refractivity contribution in [2.24, 2.45) is 0 Å². The summed E-state index contributed by atoms with van der Waals surface area (Å²) in [4.78, 5) is 29.5. The van der Waals surface area contributed by atoms with Crippen molar-refractivity contribution in [3.05, 3.63) is 94.2 Å².